The number of aliphatic imine (C=N–C) groups is 1. The molecule has 0 aliphatic rings. The number of hydrogen-bond acceptors (Lipinski definition) is 4. The summed E-state index contributed by atoms with van der Waals surface area (Å²) in [5.41, 5.74) is 3.83. The van der Waals surface area contributed by atoms with E-state index in [9.17, 15) is 0 Å². The molecule has 2 rings (SSSR count). The third-order valence-electron chi connectivity index (χ3n) is 4.78. The number of benzene rings is 1. The van der Waals surface area contributed by atoms with Gasteiger partial charge < -0.3 is 10.6 Å². The van der Waals surface area contributed by atoms with Gasteiger partial charge in [0.05, 0.1) is 10.7 Å². The first-order valence-corrected chi connectivity index (χ1v) is 10.6. The molecule has 0 saturated carbocycles. The van der Waals surface area contributed by atoms with Crippen LogP contribution in [0.2, 0.25) is 0 Å². The van der Waals surface area contributed by atoms with Crippen molar-refractivity contribution in [2.24, 2.45) is 4.99 Å². The molecular formula is C21H33N5S. The number of thiazole rings is 1. The molecule has 0 amide bonds. The lowest BCUT2D eigenvalue weighted by molar-refractivity contribution is 0.295. The molecule has 0 spiro atoms. The van der Waals surface area contributed by atoms with Crippen LogP contribution in [-0.4, -0.2) is 42.5 Å². The first-order chi connectivity index (χ1) is 13.1. The predicted molar refractivity (Wildman–Crippen MR) is 117 cm³/mol. The Balaban J connectivity index is 1.86. The summed E-state index contributed by atoms with van der Waals surface area (Å²) in [5.74, 6) is 0.831. The van der Waals surface area contributed by atoms with Gasteiger partial charge in [-0.1, -0.05) is 38.1 Å². The van der Waals surface area contributed by atoms with Gasteiger partial charge in [-0.05, 0) is 38.1 Å². The zero-order chi connectivity index (χ0) is 19.6. The Hall–Kier alpha value is -1.92. The summed E-state index contributed by atoms with van der Waals surface area (Å²) in [6.45, 7) is 13.3. The standard InChI is InChI=1S/C21H33N5S/c1-6-26(7-2)15-19-11-9-8-10-18(19)14-24-21(22-5)23-13-12-20-25-16(3)17(4)27-20/h8-11H,6-7,12-15H2,1-5H3,(H2,22,23,24). The predicted octanol–water partition coefficient (Wildman–Crippen LogP) is 3.51. The number of aryl methyl sites for hydroxylation is 2. The maximum absolute atomic E-state index is 4.60. The van der Waals surface area contributed by atoms with Gasteiger partial charge in [-0.25, -0.2) is 4.98 Å². The summed E-state index contributed by atoms with van der Waals surface area (Å²) in [7, 11) is 1.81. The van der Waals surface area contributed by atoms with Crippen molar-refractivity contribution in [2.75, 3.05) is 26.7 Å². The summed E-state index contributed by atoms with van der Waals surface area (Å²) in [6, 6.07) is 8.64. The molecule has 0 radical (unpaired) electrons. The van der Waals surface area contributed by atoms with Crippen molar-refractivity contribution < 1.29 is 0 Å². The quantitative estimate of drug-likeness (QED) is 0.511. The minimum absolute atomic E-state index is 0.770. The molecule has 2 N–H and O–H groups in total. The molecule has 1 aromatic carbocycles. The van der Waals surface area contributed by atoms with E-state index in [-0.39, 0.29) is 0 Å². The number of rotatable bonds is 9. The molecular weight excluding hydrogens is 354 g/mol. The van der Waals surface area contributed by atoms with Crippen LogP contribution in [0.15, 0.2) is 29.3 Å². The second-order valence-electron chi connectivity index (χ2n) is 6.58. The van der Waals surface area contributed by atoms with Crippen LogP contribution in [0.25, 0.3) is 0 Å². The molecule has 2 aromatic rings. The number of hydrogen-bond donors (Lipinski definition) is 2. The van der Waals surface area contributed by atoms with Crippen LogP contribution in [0, 0.1) is 13.8 Å². The van der Waals surface area contributed by atoms with E-state index >= 15 is 0 Å². The summed E-state index contributed by atoms with van der Waals surface area (Å²) in [4.78, 5) is 12.7. The van der Waals surface area contributed by atoms with Crippen LogP contribution >= 0.6 is 11.3 Å². The summed E-state index contributed by atoms with van der Waals surface area (Å²) in [6.07, 6.45) is 0.915. The molecule has 0 aliphatic heterocycles. The van der Waals surface area contributed by atoms with Crippen LogP contribution in [0.5, 0.6) is 0 Å². The molecule has 0 atom stereocenters. The topological polar surface area (TPSA) is 52.5 Å². The fourth-order valence-electron chi connectivity index (χ4n) is 2.91. The average Bonchev–Trinajstić information content (AvgIpc) is 3.00. The van der Waals surface area contributed by atoms with Crippen molar-refractivity contribution in [3.05, 3.63) is 51.0 Å². The van der Waals surface area contributed by atoms with Crippen LogP contribution < -0.4 is 10.6 Å². The highest BCUT2D eigenvalue weighted by Crippen LogP contribution is 2.16. The van der Waals surface area contributed by atoms with Crippen molar-refractivity contribution in [3.8, 4) is 0 Å². The van der Waals surface area contributed by atoms with Crippen molar-refractivity contribution >= 4 is 17.3 Å². The highest BCUT2D eigenvalue weighted by atomic mass is 32.1. The number of guanidine groups is 1. The Labute approximate surface area is 167 Å². The van der Waals surface area contributed by atoms with Crippen LogP contribution in [0.1, 0.15) is 40.6 Å². The van der Waals surface area contributed by atoms with Gasteiger partial charge in [0.15, 0.2) is 5.96 Å². The van der Waals surface area contributed by atoms with E-state index < -0.39 is 0 Å². The highest BCUT2D eigenvalue weighted by molar-refractivity contribution is 7.11. The summed E-state index contributed by atoms with van der Waals surface area (Å²) in [5, 5.41) is 8.01. The highest BCUT2D eigenvalue weighted by Gasteiger charge is 2.08. The van der Waals surface area contributed by atoms with E-state index in [1.807, 2.05) is 7.05 Å². The van der Waals surface area contributed by atoms with E-state index in [0.29, 0.717) is 0 Å². The Morgan fingerprint density at radius 1 is 1.11 bits per heavy atom. The lowest BCUT2D eigenvalue weighted by atomic mass is 10.1. The smallest absolute Gasteiger partial charge is 0.191 e. The van der Waals surface area contributed by atoms with E-state index in [1.165, 1.54) is 21.0 Å². The first kappa shape index (κ1) is 21.4. The molecule has 1 heterocycles. The van der Waals surface area contributed by atoms with Gasteiger partial charge >= 0.3 is 0 Å². The zero-order valence-electron chi connectivity index (χ0n) is 17.3. The summed E-state index contributed by atoms with van der Waals surface area (Å²) < 4.78 is 0. The fourth-order valence-corrected chi connectivity index (χ4v) is 3.84. The van der Waals surface area contributed by atoms with Crippen LogP contribution in [0.4, 0.5) is 0 Å². The molecule has 1 aromatic heterocycles. The molecule has 0 fully saturated rings. The lowest BCUT2D eigenvalue weighted by Crippen LogP contribution is -2.38. The van der Waals surface area contributed by atoms with Gasteiger partial charge in [-0.3, -0.25) is 9.89 Å². The van der Waals surface area contributed by atoms with E-state index in [2.05, 4.69) is 77.5 Å². The first-order valence-electron chi connectivity index (χ1n) is 9.73. The van der Waals surface area contributed by atoms with Crippen molar-refractivity contribution in [1.82, 2.24) is 20.5 Å². The third kappa shape index (κ3) is 6.63. The second kappa shape index (κ2) is 11.0. The minimum atomic E-state index is 0.770. The van der Waals surface area contributed by atoms with Gasteiger partial charge in [-0.15, -0.1) is 11.3 Å². The third-order valence-corrected chi connectivity index (χ3v) is 5.91. The minimum Gasteiger partial charge on any atom is -0.356 e. The van der Waals surface area contributed by atoms with Crippen LogP contribution in [-0.2, 0) is 19.5 Å². The molecule has 0 unspecified atom stereocenters. The SMILES string of the molecule is CCN(CC)Cc1ccccc1CNC(=NC)NCCc1nc(C)c(C)s1. The van der Waals surface area contributed by atoms with Crippen LogP contribution in [0.3, 0.4) is 0 Å². The Kier molecular flexibility index (Phi) is 8.75. The second-order valence-corrected chi connectivity index (χ2v) is 7.87. The zero-order valence-corrected chi connectivity index (χ0v) is 18.1. The summed E-state index contributed by atoms with van der Waals surface area (Å²) >= 11 is 1.78. The number of nitrogens with one attached hydrogen (secondary N) is 2. The van der Waals surface area contributed by atoms with Gasteiger partial charge in [0.2, 0.25) is 0 Å². The average molecular weight is 388 g/mol. The maximum Gasteiger partial charge on any atom is 0.191 e. The van der Waals surface area contributed by atoms with Crippen molar-refractivity contribution in [3.63, 3.8) is 0 Å². The monoisotopic (exact) mass is 387 g/mol. The molecule has 27 heavy (non-hydrogen) atoms. The largest absolute Gasteiger partial charge is 0.356 e. The maximum atomic E-state index is 4.60. The molecule has 0 saturated heterocycles. The fraction of sp³-hybridized carbons (Fsp3) is 0.524. The molecule has 148 valence electrons. The Morgan fingerprint density at radius 3 is 2.41 bits per heavy atom. The van der Waals surface area contributed by atoms with Gasteiger partial charge in [-0.2, -0.15) is 0 Å². The number of nitrogens with zero attached hydrogens (tertiary/aromatic N) is 3. The van der Waals surface area contributed by atoms with Crippen molar-refractivity contribution in [1.29, 1.82) is 0 Å². The molecule has 0 aliphatic carbocycles. The van der Waals surface area contributed by atoms with E-state index in [1.54, 1.807) is 11.3 Å². The van der Waals surface area contributed by atoms with E-state index in [4.69, 9.17) is 0 Å². The lowest BCUT2D eigenvalue weighted by Gasteiger charge is -2.20. The number of aromatic nitrogens is 1. The molecule has 6 heteroatoms. The van der Waals surface area contributed by atoms with Gasteiger partial charge in [0, 0.05) is 38.0 Å². The molecule has 0 bridgehead atoms. The van der Waals surface area contributed by atoms with Crippen molar-refractivity contribution in [2.45, 2.75) is 47.2 Å². The Morgan fingerprint density at radius 2 is 1.81 bits per heavy atom. The Bertz CT molecular complexity index is 714. The van der Waals surface area contributed by atoms with E-state index in [0.717, 1.165) is 50.8 Å². The van der Waals surface area contributed by atoms with Gasteiger partial charge in [0.25, 0.3) is 0 Å². The normalized spacial score (nSPS) is 11.9. The molecule has 5 nitrogen and oxygen atoms in total. The van der Waals surface area contributed by atoms with Gasteiger partial charge in [0.1, 0.15) is 0 Å².